The van der Waals surface area contributed by atoms with Crippen molar-refractivity contribution in [3.63, 3.8) is 0 Å². The van der Waals surface area contributed by atoms with E-state index in [0.29, 0.717) is 12.3 Å². The lowest BCUT2D eigenvalue weighted by molar-refractivity contribution is -0.142. The van der Waals surface area contributed by atoms with Gasteiger partial charge in [0.05, 0.1) is 6.04 Å². The Morgan fingerprint density at radius 3 is 2.57 bits per heavy atom. The molecule has 2 aliphatic rings. The molecule has 1 unspecified atom stereocenters. The Balaban J connectivity index is 1.90. The zero-order valence-corrected chi connectivity index (χ0v) is 17.9. The molecule has 0 bridgehead atoms. The largest absolute Gasteiger partial charge is 0.444 e. The van der Waals surface area contributed by atoms with Crippen molar-refractivity contribution >= 4 is 11.9 Å². The highest BCUT2D eigenvalue weighted by Gasteiger charge is 2.43. The molecular weight excluding hydrogens is 392 g/mol. The molecule has 2 fully saturated rings. The van der Waals surface area contributed by atoms with Crippen LogP contribution in [0.15, 0.2) is 18.2 Å². The van der Waals surface area contributed by atoms with Gasteiger partial charge in [-0.1, -0.05) is 32.1 Å². The average Bonchev–Trinajstić information content (AvgIpc) is 2.66. The Bertz CT molecular complexity index is 771. The highest BCUT2D eigenvalue weighted by Crippen LogP contribution is 2.38. The molecule has 1 amide bonds. The molecule has 0 radical (unpaired) electrons. The highest BCUT2D eigenvalue weighted by molar-refractivity contribution is 5.84. The second kappa shape index (κ2) is 9.41. The van der Waals surface area contributed by atoms with E-state index in [0.717, 1.165) is 43.9 Å². The zero-order valence-electron chi connectivity index (χ0n) is 17.9. The first-order valence-corrected chi connectivity index (χ1v) is 10.7. The summed E-state index contributed by atoms with van der Waals surface area (Å²) in [6, 6.07) is 2.30. The molecule has 1 saturated carbocycles. The minimum atomic E-state index is -0.973. The highest BCUT2D eigenvalue weighted by atomic mass is 19.1. The first-order valence-electron chi connectivity index (χ1n) is 10.7. The fourth-order valence-corrected chi connectivity index (χ4v) is 4.49. The van der Waals surface area contributed by atoms with Gasteiger partial charge in [0.2, 0.25) is 0 Å². The van der Waals surface area contributed by atoms with E-state index in [1.807, 2.05) is 0 Å². The van der Waals surface area contributed by atoms with Crippen molar-refractivity contribution in [2.24, 2.45) is 11.8 Å². The third-order valence-electron chi connectivity index (χ3n) is 5.84. The molecule has 5 nitrogen and oxygen atoms in total. The van der Waals surface area contributed by atoms with Crippen LogP contribution in [0, 0.1) is 23.5 Å². The van der Waals surface area contributed by atoms with Crippen LogP contribution < -0.4 is 5.32 Å². The maximum atomic E-state index is 14.5. The van der Waals surface area contributed by atoms with Crippen LogP contribution in [0.4, 0.5) is 13.6 Å². The number of hydrogen-bond donors (Lipinski definition) is 1. The van der Waals surface area contributed by atoms with E-state index < -0.39 is 41.4 Å². The first-order chi connectivity index (χ1) is 14.1. The molecule has 1 aromatic carbocycles. The van der Waals surface area contributed by atoms with E-state index in [9.17, 15) is 18.4 Å². The SMILES string of the molecule is CC(C)(C)OC(=O)N[C@H]1C(CC2CCCCC2)C(=O)CO[C@@H]1c1cc(F)ccc1F. The Hall–Kier alpha value is -2.02. The number of amides is 1. The predicted octanol–water partition coefficient (Wildman–Crippen LogP) is 5.09. The van der Waals surface area contributed by atoms with Gasteiger partial charge in [0.1, 0.15) is 29.9 Å². The fraction of sp³-hybridized carbons (Fsp3) is 0.652. The second-order valence-corrected chi connectivity index (χ2v) is 9.38. The van der Waals surface area contributed by atoms with Crippen LogP contribution in [0.3, 0.4) is 0 Å². The summed E-state index contributed by atoms with van der Waals surface area (Å²) in [6.07, 6.45) is 4.40. The molecule has 1 saturated heterocycles. The van der Waals surface area contributed by atoms with Crippen LogP contribution in [-0.2, 0) is 14.3 Å². The third-order valence-corrected chi connectivity index (χ3v) is 5.84. The summed E-state index contributed by atoms with van der Waals surface area (Å²) in [5, 5.41) is 2.74. The van der Waals surface area contributed by atoms with Gasteiger partial charge in [0.25, 0.3) is 0 Å². The van der Waals surface area contributed by atoms with Crippen molar-refractivity contribution < 1.29 is 27.8 Å². The summed E-state index contributed by atoms with van der Waals surface area (Å²) >= 11 is 0. The molecule has 1 heterocycles. The van der Waals surface area contributed by atoms with Crippen molar-refractivity contribution in [3.8, 4) is 0 Å². The molecule has 1 N–H and O–H groups in total. The third kappa shape index (κ3) is 5.78. The normalized spacial score (nSPS) is 25.8. The van der Waals surface area contributed by atoms with Gasteiger partial charge >= 0.3 is 6.09 Å². The number of ketones is 1. The minimum absolute atomic E-state index is 0.00259. The van der Waals surface area contributed by atoms with Crippen LogP contribution in [-0.4, -0.2) is 30.1 Å². The molecule has 7 heteroatoms. The van der Waals surface area contributed by atoms with Crippen LogP contribution in [0.5, 0.6) is 0 Å². The molecule has 166 valence electrons. The van der Waals surface area contributed by atoms with E-state index in [1.54, 1.807) is 20.8 Å². The molecule has 1 aromatic rings. The number of halogens is 2. The molecular formula is C23H31F2NO4. The van der Waals surface area contributed by atoms with Gasteiger partial charge < -0.3 is 14.8 Å². The number of alkyl carbamates (subject to hydrolysis) is 1. The number of benzene rings is 1. The van der Waals surface area contributed by atoms with E-state index in [4.69, 9.17) is 9.47 Å². The first kappa shape index (κ1) is 22.7. The van der Waals surface area contributed by atoms with E-state index in [1.165, 1.54) is 6.42 Å². The average molecular weight is 424 g/mol. The van der Waals surface area contributed by atoms with Gasteiger partial charge in [0, 0.05) is 11.5 Å². The Labute approximate surface area is 176 Å². The molecule has 30 heavy (non-hydrogen) atoms. The van der Waals surface area contributed by atoms with Crippen molar-refractivity contribution in [1.29, 1.82) is 0 Å². The van der Waals surface area contributed by atoms with E-state index in [-0.39, 0.29) is 18.0 Å². The maximum Gasteiger partial charge on any atom is 0.407 e. The summed E-state index contributed by atoms with van der Waals surface area (Å²) < 4.78 is 39.4. The van der Waals surface area contributed by atoms with Crippen molar-refractivity contribution in [3.05, 3.63) is 35.4 Å². The Kier molecular flexibility index (Phi) is 7.11. The fourth-order valence-electron chi connectivity index (χ4n) is 4.49. The number of ether oxygens (including phenoxy) is 2. The predicted molar refractivity (Wildman–Crippen MR) is 108 cm³/mol. The number of rotatable bonds is 4. The standard InChI is InChI=1S/C23H31F2NO4/c1-23(2,3)30-22(28)26-20-17(11-14-7-5-4-6-8-14)19(27)13-29-21(20)16-12-15(24)9-10-18(16)25/h9-10,12,14,17,20-21H,4-8,11,13H2,1-3H3,(H,26,28)/t17?,20-,21+/m0/s1. The van der Waals surface area contributed by atoms with Crippen LogP contribution in [0.25, 0.3) is 0 Å². The summed E-state index contributed by atoms with van der Waals surface area (Å²) in [5.74, 6) is -1.54. The van der Waals surface area contributed by atoms with Gasteiger partial charge in [-0.05, 0) is 51.3 Å². The topological polar surface area (TPSA) is 64.6 Å². The van der Waals surface area contributed by atoms with Crippen LogP contribution >= 0.6 is 0 Å². The van der Waals surface area contributed by atoms with Crippen LogP contribution in [0.2, 0.25) is 0 Å². The quantitative estimate of drug-likeness (QED) is 0.733. The smallest absolute Gasteiger partial charge is 0.407 e. The minimum Gasteiger partial charge on any atom is -0.444 e. The molecule has 3 atom stereocenters. The molecule has 0 aromatic heterocycles. The second-order valence-electron chi connectivity index (χ2n) is 9.38. The summed E-state index contributed by atoms with van der Waals surface area (Å²) in [7, 11) is 0. The van der Waals surface area contributed by atoms with Gasteiger partial charge in [-0.25, -0.2) is 13.6 Å². The lowest BCUT2D eigenvalue weighted by Crippen LogP contribution is -2.53. The number of nitrogens with one attached hydrogen (secondary N) is 1. The number of hydrogen-bond acceptors (Lipinski definition) is 4. The number of Topliss-reactive ketones (excluding diaryl/α,β-unsaturated/α-hetero) is 1. The van der Waals surface area contributed by atoms with Crippen molar-refractivity contribution in [2.45, 2.75) is 77.0 Å². The molecule has 3 rings (SSSR count). The Morgan fingerprint density at radius 2 is 1.90 bits per heavy atom. The summed E-state index contributed by atoms with van der Waals surface area (Å²) in [5.41, 5.74) is -0.737. The lowest BCUT2D eigenvalue weighted by Gasteiger charge is -2.40. The zero-order chi connectivity index (χ0) is 21.9. The molecule has 1 aliphatic carbocycles. The molecule has 0 spiro atoms. The Morgan fingerprint density at radius 1 is 1.20 bits per heavy atom. The number of carbonyl (C=O) groups excluding carboxylic acids is 2. The van der Waals surface area contributed by atoms with Gasteiger partial charge in [-0.15, -0.1) is 0 Å². The molecule has 1 aliphatic heterocycles. The van der Waals surface area contributed by atoms with Gasteiger partial charge in [-0.3, -0.25) is 4.79 Å². The monoisotopic (exact) mass is 423 g/mol. The van der Waals surface area contributed by atoms with Crippen LogP contribution in [0.1, 0.15) is 71.0 Å². The number of carbonyl (C=O) groups is 2. The van der Waals surface area contributed by atoms with Gasteiger partial charge in [0.15, 0.2) is 5.78 Å². The van der Waals surface area contributed by atoms with E-state index >= 15 is 0 Å². The maximum absolute atomic E-state index is 14.5. The lowest BCUT2D eigenvalue weighted by atomic mass is 9.76. The summed E-state index contributed by atoms with van der Waals surface area (Å²) in [6.45, 7) is 5.01. The summed E-state index contributed by atoms with van der Waals surface area (Å²) in [4.78, 5) is 25.3. The van der Waals surface area contributed by atoms with Crippen molar-refractivity contribution in [2.75, 3.05) is 6.61 Å². The van der Waals surface area contributed by atoms with E-state index in [2.05, 4.69) is 5.32 Å². The van der Waals surface area contributed by atoms with Gasteiger partial charge in [-0.2, -0.15) is 0 Å². The van der Waals surface area contributed by atoms with Crippen molar-refractivity contribution in [1.82, 2.24) is 5.32 Å².